The highest BCUT2D eigenvalue weighted by Crippen LogP contribution is 2.45. The summed E-state index contributed by atoms with van der Waals surface area (Å²) in [6, 6.07) is 1.69. The molecule has 70 heavy (non-hydrogen) atoms. The Morgan fingerprint density at radius 3 is 1.96 bits per heavy atom. The van der Waals surface area contributed by atoms with Gasteiger partial charge in [-0.2, -0.15) is 30.0 Å². The van der Waals surface area contributed by atoms with Crippen molar-refractivity contribution in [2.24, 2.45) is 0 Å². The van der Waals surface area contributed by atoms with Gasteiger partial charge in [-0.25, -0.2) is 31.1 Å². The highest BCUT2D eigenvalue weighted by Gasteiger charge is 2.41. The number of nitrogens with zero attached hydrogens (tertiary/aromatic N) is 1. The summed E-state index contributed by atoms with van der Waals surface area (Å²) in [5, 5.41) is 19.3. The normalized spacial score (nSPS) is 20.8. The van der Waals surface area contributed by atoms with Gasteiger partial charge in [0.15, 0.2) is 16.2 Å². The maximum Gasteiger partial charge on any atom is 0.363 e. The molecular weight excluding hydrogens is 1050 g/mol. The molecule has 30 nitrogen and oxygen atoms in total. The minimum Gasteiger partial charge on any atom is -0.478 e. The maximum absolute atomic E-state index is 14.3. The first-order valence-corrected chi connectivity index (χ1v) is 26.8. The molecule has 0 saturated carbocycles. The van der Waals surface area contributed by atoms with Crippen LogP contribution in [0, 0.1) is 5.41 Å². The molecule has 2 aromatic rings. The third-order valence-corrected chi connectivity index (χ3v) is 15.4. The standard InChI is InChI=1S/C35H33N7O23S5/c36-20-7-6-18-26(19-12-15(4-5-16(19)34(48)49)35(50)65-42-24(43)8-9-25(42)44)17-2-1-3-23-27(17)64-28(18)29(20)69(59,60)38-11-10-37-30(45)21(13-66(51,52)53)39-31(46)22(14-67(54,55)56)40-32(47)33(70(61,62)63)41-68(23,57)58/h1-7,12,21-22,33,36,38,41H,8-11,13-14H2,(H,37,45)(H,39,46)(H,40,47)(H,48,49)(H,51,52,53)(H,54,55,56)(H,61,62,63). The van der Waals surface area contributed by atoms with E-state index >= 15 is 0 Å². The summed E-state index contributed by atoms with van der Waals surface area (Å²) >= 11 is 0. The lowest BCUT2D eigenvalue weighted by atomic mass is 9.89. The first-order valence-electron chi connectivity index (χ1n) is 19.1. The van der Waals surface area contributed by atoms with Crippen LogP contribution >= 0.6 is 0 Å². The van der Waals surface area contributed by atoms with Gasteiger partial charge in [0.25, 0.3) is 48.1 Å². The van der Waals surface area contributed by atoms with Crippen molar-refractivity contribution in [2.75, 3.05) is 24.6 Å². The van der Waals surface area contributed by atoms with E-state index in [9.17, 15) is 94.4 Å². The molecule has 3 unspecified atom stereocenters. The van der Waals surface area contributed by atoms with E-state index < -0.39 is 194 Å². The fraction of sp³-hybridized carbons (Fsp3) is 0.257. The largest absolute Gasteiger partial charge is 0.478 e. The molecule has 35 heteroatoms. The topological polar surface area (TPSA) is 481 Å². The molecule has 2 aromatic carbocycles. The van der Waals surface area contributed by atoms with Crippen LogP contribution in [0.3, 0.4) is 0 Å². The molecule has 10 N–H and O–H groups in total. The van der Waals surface area contributed by atoms with Crippen LogP contribution in [0.25, 0.3) is 33.4 Å². The van der Waals surface area contributed by atoms with E-state index in [0.717, 1.165) is 42.5 Å². The molecular formula is C35H33N7O23S5. The minimum absolute atomic E-state index is 0.155. The number of carboxylic acids is 1. The van der Waals surface area contributed by atoms with Gasteiger partial charge in [0.1, 0.15) is 28.5 Å². The molecule has 3 aliphatic heterocycles. The number of sulfonamides is 2. The smallest absolute Gasteiger partial charge is 0.363 e. The minimum atomic E-state index is -6.12. The fourth-order valence-electron chi connectivity index (χ4n) is 6.88. The van der Waals surface area contributed by atoms with Gasteiger partial charge in [0, 0.05) is 42.4 Å². The van der Waals surface area contributed by atoms with Gasteiger partial charge in [-0.1, -0.05) is 12.1 Å². The Bertz CT molecular complexity index is 3550. The summed E-state index contributed by atoms with van der Waals surface area (Å²) in [5.41, 5.74) is -3.92. The predicted molar refractivity (Wildman–Crippen MR) is 228 cm³/mol. The number of hydroxylamine groups is 2. The quantitative estimate of drug-likeness (QED) is 0.0437. The van der Waals surface area contributed by atoms with Crippen LogP contribution in [0.5, 0.6) is 0 Å². The van der Waals surface area contributed by atoms with Crippen molar-refractivity contribution >= 4 is 103 Å². The molecule has 6 rings (SSSR count). The first kappa shape index (κ1) is 52.5. The van der Waals surface area contributed by atoms with E-state index in [-0.39, 0.29) is 17.9 Å². The van der Waals surface area contributed by atoms with Gasteiger partial charge in [-0.3, -0.25) is 43.0 Å². The monoisotopic (exact) mass is 1080 g/mol. The van der Waals surface area contributed by atoms with Crippen molar-refractivity contribution < 1.29 is 104 Å². The number of rotatable bonds is 9. The molecule has 0 aromatic heterocycles. The first-order chi connectivity index (χ1) is 32.3. The second kappa shape index (κ2) is 19.2. The summed E-state index contributed by atoms with van der Waals surface area (Å²) in [5.74, 6) is -15.4. The van der Waals surface area contributed by atoms with Crippen molar-refractivity contribution in [1.29, 1.82) is 5.41 Å². The summed E-state index contributed by atoms with van der Waals surface area (Å²) in [4.78, 5) is 93.3. The number of para-hydroxylation sites is 1. The van der Waals surface area contributed by atoms with Crippen molar-refractivity contribution in [3.8, 4) is 22.5 Å². The zero-order valence-electron chi connectivity index (χ0n) is 34.6. The number of carbonyl (C=O) groups excluding carboxylic acids is 6. The molecule has 4 aliphatic rings. The summed E-state index contributed by atoms with van der Waals surface area (Å²) < 4.78 is 168. The Balaban J connectivity index is 1.65. The van der Waals surface area contributed by atoms with E-state index in [1.807, 2.05) is 10.0 Å². The van der Waals surface area contributed by atoms with Gasteiger partial charge >= 0.3 is 11.9 Å². The third-order valence-electron chi connectivity index (χ3n) is 9.86. The molecule has 3 heterocycles. The molecule has 5 amide bonds. The van der Waals surface area contributed by atoms with Gasteiger partial charge < -0.3 is 30.3 Å². The van der Waals surface area contributed by atoms with Crippen molar-refractivity contribution in [2.45, 2.75) is 40.1 Å². The molecule has 0 spiro atoms. The van der Waals surface area contributed by atoms with Crippen LogP contribution in [0.2, 0.25) is 0 Å². The van der Waals surface area contributed by atoms with Crippen LogP contribution in [-0.2, 0) is 79.2 Å². The van der Waals surface area contributed by atoms with Gasteiger partial charge in [0.05, 0.1) is 16.5 Å². The maximum atomic E-state index is 14.3. The average Bonchev–Trinajstić information content (AvgIpc) is 3.55. The van der Waals surface area contributed by atoms with E-state index in [4.69, 9.17) is 14.7 Å². The third kappa shape index (κ3) is 11.4. The van der Waals surface area contributed by atoms with Gasteiger partial charge in [-0.15, -0.1) is 5.06 Å². The van der Waals surface area contributed by atoms with Crippen LogP contribution in [0.15, 0.2) is 62.7 Å². The van der Waals surface area contributed by atoms with Crippen molar-refractivity contribution in [1.82, 2.24) is 30.5 Å². The number of nitrogens with one attached hydrogen (secondary N) is 6. The Labute approximate surface area is 392 Å². The number of imide groups is 1. The second-order valence-electron chi connectivity index (χ2n) is 14.8. The molecule has 2 bridgehead atoms. The highest BCUT2D eigenvalue weighted by molar-refractivity contribution is 7.92. The number of carboxylic acid groups (broad SMARTS) is 1. The Morgan fingerprint density at radius 2 is 1.37 bits per heavy atom. The Morgan fingerprint density at radius 1 is 0.771 bits per heavy atom. The van der Waals surface area contributed by atoms with E-state index in [1.54, 1.807) is 5.32 Å². The summed E-state index contributed by atoms with van der Waals surface area (Å²) in [6.45, 7) is -1.72. The molecule has 1 saturated heterocycles. The number of hydrogen-bond donors (Lipinski definition) is 10. The number of hydrogen-bond acceptors (Lipinski definition) is 20. The lowest BCUT2D eigenvalue weighted by Gasteiger charge is -2.24. The van der Waals surface area contributed by atoms with Crippen molar-refractivity contribution in [3.63, 3.8) is 0 Å². The van der Waals surface area contributed by atoms with Gasteiger partial charge in [0.2, 0.25) is 37.2 Å². The Kier molecular flexibility index (Phi) is 14.4. The van der Waals surface area contributed by atoms with E-state index in [2.05, 4.69) is 0 Å². The lowest BCUT2D eigenvalue weighted by molar-refractivity contribution is -0.172. The molecule has 1 fully saturated rings. The van der Waals surface area contributed by atoms with Gasteiger partial charge in [-0.05, 0) is 42.0 Å². The van der Waals surface area contributed by atoms with Crippen LogP contribution in [-0.4, -0.2) is 149 Å². The Hall–Kier alpha value is -6.83. The molecule has 3 atom stereocenters. The predicted octanol–water partition coefficient (Wildman–Crippen LogP) is -3.75. The number of aromatic carboxylic acids is 1. The number of carbonyl (C=O) groups is 7. The highest BCUT2D eigenvalue weighted by atomic mass is 32.2. The average molecular weight is 1080 g/mol. The lowest BCUT2D eigenvalue weighted by Crippen LogP contribution is -2.60. The number of benzene rings is 3. The zero-order valence-corrected chi connectivity index (χ0v) is 38.7. The molecule has 0 radical (unpaired) electrons. The summed E-state index contributed by atoms with van der Waals surface area (Å²) in [6.07, 6.45) is -0.654. The number of amides is 5. The summed E-state index contributed by atoms with van der Waals surface area (Å²) in [7, 11) is -27.8. The zero-order chi connectivity index (χ0) is 52.1. The van der Waals surface area contributed by atoms with Crippen LogP contribution < -0.4 is 30.8 Å². The molecule has 376 valence electrons. The fourth-order valence-corrected chi connectivity index (χ4v) is 11.8. The van der Waals surface area contributed by atoms with E-state index in [0.29, 0.717) is 6.07 Å². The SMILES string of the molecule is N=c1ccc2c(-c3cc(C(=O)ON4C(=O)CCC4=O)ccc3C(=O)O)c3cccc4c3oc-2c1S(=O)(=O)NCCNC(=O)C(CS(=O)(=O)O)NC(=O)C(CS(=O)(=O)O)NC(=O)C(S(=O)(=O)O)NS4(=O)=O. The van der Waals surface area contributed by atoms with Crippen LogP contribution in [0.1, 0.15) is 33.6 Å². The second-order valence-corrected chi connectivity index (χ2v) is 22.7. The van der Waals surface area contributed by atoms with Crippen LogP contribution in [0.4, 0.5) is 0 Å². The molecule has 1 aliphatic carbocycles. The van der Waals surface area contributed by atoms with Crippen molar-refractivity contribution in [3.05, 3.63) is 65.0 Å². The van der Waals surface area contributed by atoms with E-state index in [1.165, 1.54) is 10.0 Å².